The number of likely N-dealkylation sites (tertiary alicyclic amines) is 1. The van der Waals surface area contributed by atoms with Crippen molar-refractivity contribution in [2.75, 3.05) is 30.3 Å². The summed E-state index contributed by atoms with van der Waals surface area (Å²) in [5, 5.41) is 6.09. The van der Waals surface area contributed by atoms with Crippen LogP contribution in [0, 0.1) is 0 Å². The molecule has 1 saturated heterocycles. The van der Waals surface area contributed by atoms with Gasteiger partial charge >= 0.3 is 12.2 Å². The van der Waals surface area contributed by atoms with Crippen molar-refractivity contribution in [3.63, 3.8) is 0 Å². The van der Waals surface area contributed by atoms with Crippen LogP contribution in [0.1, 0.15) is 45.5 Å². The lowest BCUT2D eigenvalue weighted by atomic mass is 9.96. The Morgan fingerprint density at radius 1 is 0.615 bits per heavy atom. The minimum atomic E-state index is -0.638. The average Bonchev–Trinajstić information content (AvgIpc) is 3.55. The van der Waals surface area contributed by atoms with E-state index in [1.165, 1.54) is 17.8 Å². The Balaban J connectivity index is 1.16. The molecular formula is C42H35N3O6S. The van der Waals surface area contributed by atoms with Crippen molar-refractivity contribution >= 4 is 56.6 Å². The summed E-state index contributed by atoms with van der Waals surface area (Å²) >= 11 is 1.38. The SMILES string of the molecule is O=C(Nc1ccccc1)Oc1ccc(-c2sc3cc(OC(=O)Nc4ccccc4)ccc3c2C(=O)c2ccc(C(=O)CN3CCCCC3)cc2)cc1. The van der Waals surface area contributed by atoms with Gasteiger partial charge in [-0.15, -0.1) is 11.3 Å². The van der Waals surface area contributed by atoms with E-state index in [-0.39, 0.29) is 11.6 Å². The third kappa shape index (κ3) is 8.26. The number of para-hydroxylation sites is 2. The number of piperidine rings is 1. The number of hydrogen-bond donors (Lipinski definition) is 2. The summed E-state index contributed by atoms with van der Waals surface area (Å²) in [7, 11) is 0. The second-order valence-corrected chi connectivity index (χ2v) is 13.5. The molecule has 0 saturated carbocycles. The van der Waals surface area contributed by atoms with Gasteiger partial charge in [0.15, 0.2) is 11.6 Å². The fraction of sp³-hybridized carbons (Fsp3) is 0.143. The van der Waals surface area contributed by atoms with Gasteiger partial charge in [-0.25, -0.2) is 9.59 Å². The van der Waals surface area contributed by atoms with E-state index in [1.807, 2.05) is 36.4 Å². The summed E-state index contributed by atoms with van der Waals surface area (Å²) in [6.45, 7) is 2.22. The van der Waals surface area contributed by atoms with Crippen LogP contribution in [0.15, 0.2) is 127 Å². The highest BCUT2D eigenvalue weighted by atomic mass is 32.1. The molecule has 52 heavy (non-hydrogen) atoms. The number of carbonyl (C=O) groups excluding carboxylic acids is 4. The Morgan fingerprint density at radius 3 is 1.79 bits per heavy atom. The lowest BCUT2D eigenvalue weighted by Gasteiger charge is -2.25. The van der Waals surface area contributed by atoms with Gasteiger partial charge in [-0.3, -0.25) is 25.1 Å². The molecule has 0 spiro atoms. The fourth-order valence-electron chi connectivity index (χ4n) is 6.15. The van der Waals surface area contributed by atoms with Gasteiger partial charge in [0.25, 0.3) is 0 Å². The fourth-order valence-corrected chi connectivity index (χ4v) is 7.38. The highest BCUT2D eigenvalue weighted by Gasteiger charge is 2.23. The highest BCUT2D eigenvalue weighted by Crippen LogP contribution is 2.42. The van der Waals surface area contributed by atoms with E-state index in [0.717, 1.165) is 36.2 Å². The van der Waals surface area contributed by atoms with Crippen LogP contribution in [0.3, 0.4) is 0 Å². The third-order valence-electron chi connectivity index (χ3n) is 8.75. The van der Waals surface area contributed by atoms with Gasteiger partial charge in [-0.2, -0.15) is 0 Å². The van der Waals surface area contributed by atoms with Crippen molar-refractivity contribution in [2.24, 2.45) is 0 Å². The van der Waals surface area contributed by atoms with Crippen LogP contribution in [-0.2, 0) is 0 Å². The van der Waals surface area contributed by atoms with E-state index in [4.69, 9.17) is 9.47 Å². The number of carbonyl (C=O) groups is 4. The van der Waals surface area contributed by atoms with E-state index in [0.29, 0.717) is 56.4 Å². The van der Waals surface area contributed by atoms with Crippen LogP contribution in [0.4, 0.5) is 21.0 Å². The van der Waals surface area contributed by atoms with Crippen molar-refractivity contribution in [2.45, 2.75) is 19.3 Å². The number of benzene rings is 5. The predicted molar refractivity (Wildman–Crippen MR) is 204 cm³/mol. The maximum absolute atomic E-state index is 14.3. The summed E-state index contributed by atoms with van der Waals surface area (Å²) in [6.07, 6.45) is 2.14. The number of hydrogen-bond acceptors (Lipinski definition) is 8. The Hall–Kier alpha value is -6.10. The Kier molecular flexibility index (Phi) is 10.5. The zero-order valence-electron chi connectivity index (χ0n) is 28.2. The summed E-state index contributed by atoms with van der Waals surface area (Å²) in [6, 6.07) is 36.9. The van der Waals surface area contributed by atoms with E-state index in [2.05, 4.69) is 15.5 Å². The monoisotopic (exact) mass is 709 g/mol. The van der Waals surface area contributed by atoms with Crippen molar-refractivity contribution < 1.29 is 28.7 Å². The second kappa shape index (κ2) is 15.8. The number of nitrogens with zero attached hydrogens (tertiary/aromatic N) is 1. The number of thiophene rings is 1. The molecule has 0 radical (unpaired) electrons. The molecule has 9 nitrogen and oxygen atoms in total. The standard InChI is InChI=1S/C42H35N3O6S/c46-36(27-45-24-8-3-9-25-45)28-14-16-29(17-15-28)39(47)38-35-23-22-34(51-42(49)44-32-12-6-2-7-13-32)26-37(35)52-40(38)30-18-20-33(21-19-30)50-41(48)43-31-10-4-1-5-11-31/h1-2,4-7,10-23,26H,3,8-9,24-25,27H2,(H,43,48)(H,44,49). The topological polar surface area (TPSA) is 114 Å². The molecule has 1 aliphatic rings. The van der Waals surface area contributed by atoms with Crippen LogP contribution in [-0.4, -0.2) is 48.3 Å². The van der Waals surface area contributed by atoms with E-state index >= 15 is 0 Å². The maximum Gasteiger partial charge on any atom is 0.417 e. The zero-order chi connectivity index (χ0) is 35.9. The number of fused-ring (bicyclic) bond motifs is 1. The lowest BCUT2D eigenvalue weighted by molar-refractivity contribution is 0.0914. The van der Waals surface area contributed by atoms with Gasteiger partial charge in [0.2, 0.25) is 0 Å². The number of nitrogens with one attached hydrogen (secondary N) is 2. The van der Waals surface area contributed by atoms with Crippen molar-refractivity contribution in [1.82, 2.24) is 4.90 Å². The van der Waals surface area contributed by atoms with E-state index in [9.17, 15) is 19.2 Å². The first kappa shape index (κ1) is 34.4. The third-order valence-corrected chi connectivity index (χ3v) is 9.95. The summed E-state index contributed by atoms with van der Waals surface area (Å²) in [4.78, 5) is 55.4. The van der Waals surface area contributed by atoms with Crippen LogP contribution in [0.5, 0.6) is 11.5 Å². The molecule has 2 N–H and O–H groups in total. The van der Waals surface area contributed by atoms with Crippen molar-refractivity contribution in [3.8, 4) is 21.9 Å². The number of ether oxygens (including phenoxy) is 2. The van der Waals surface area contributed by atoms with E-state index < -0.39 is 12.2 Å². The molecule has 0 bridgehead atoms. The lowest BCUT2D eigenvalue weighted by Crippen LogP contribution is -2.34. The van der Waals surface area contributed by atoms with Gasteiger partial charge in [0.1, 0.15) is 11.5 Å². The first-order valence-corrected chi connectivity index (χ1v) is 17.9. The molecule has 0 atom stereocenters. The van der Waals surface area contributed by atoms with Gasteiger partial charge in [-0.05, 0) is 98.2 Å². The molecule has 260 valence electrons. The highest BCUT2D eigenvalue weighted by molar-refractivity contribution is 7.22. The maximum atomic E-state index is 14.3. The molecule has 2 heterocycles. The zero-order valence-corrected chi connectivity index (χ0v) is 29.0. The molecule has 0 unspecified atom stereocenters. The second-order valence-electron chi connectivity index (χ2n) is 12.4. The normalized spacial score (nSPS) is 12.9. The number of amides is 2. The van der Waals surface area contributed by atoms with Crippen LogP contribution >= 0.6 is 11.3 Å². The first-order chi connectivity index (χ1) is 25.4. The smallest absolute Gasteiger partial charge is 0.410 e. The van der Waals surface area contributed by atoms with Gasteiger partial charge in [0, 0.05) is 43.0 Å². The van der Waals surface area contributed by atoms with Crippen LogP contribution in [0.25, 0.3) is 20.5 Å². The molecular weight excluding hydrogens is 675 g/mol. The Morgan fingerprint density at radius 2 is 1.17 bits per heavy atom. The molecule has 2 amide bonds. The molecule has 1 fully saturated rings. The average molecular weight is 710 g/mol. The van der Waals surface area contributed by atoms with Gasteiger partial charge in [-0.1, -0.05) is 67.1 Å². The minimum Gasteiger partial charge on any atom is -0.410 e. The molecule has 0 aliphatic carbocycles. The number of ketones is 2. The van der Waals surface area contributed by atoms with Crippen LogP contribution < -0.4 is 20.1 Å². The predicted octanol–water partition coefficient (Wildman–Crippen LogP) is 9.69. The van der Waals surface area contributed by atoms with E-state index in [1.54, 1.807) is 91.0 Å². The largest absolute Gasteiger partial charge is 0.417 e. The first-order valence-electron chi connectivity index (χ1n) is 17.0. The van der Waals surface area contributed by atoms with Crippen molar-refractivity contribution in [3.05, 3.63) is 144 Å². The molecule has 10 heteroatoms. The van der Waals surface area contributed by atoms with Gasteiger partial charge in [0.05, 0.1) is 6.54 Å². The number of anilines is 2. The van der Waals surface area contributed by atoms with Gasteiger partial charge < -0.3 is 9.47 Å². The van der Waals surface area contributed by atoms with Crippen molar-refractivity contribution in [1.29, 1.82) is 0 Å². The molecule has 1 aromatic heterocycles. The Labute approximate surface area is 304 Å². The summed E-state index contributed by atoms with van der Waals surface area (Å²) < 4.78 is 11.8. The number of Topliss-reactive ketones (excluding diaryl/α,β-unsaturated/α-hetero) is 1. The molecule has 1 aliphatic heterocycles. The van der Waals surface area contributed by atoms with Crippen LogP contribution in [0.2, 0.25) is 0 Å². The summed E-state index contributed by atoms with van der Waals surface area (Å²) in [5.74, 6) is 0.467. The number of rotatable bonds is 10. The molecule has 7 rings (SSSR count). The summed E-state index contributed by atoms with van der Waals surface area (Å²) in [5.41, 5.74) is 3.43. The molecule has 5 aromatic carbocycles. The minimum absolute atomic E-state index is 0.0335. The molecule has 6 aromatic rings. The Bertz CT molecular complexity index is 2210. The quantitative estimate of drug-likeness (QED) is 0.136.